The summed E-state index contributed by atoms with van der Waals surface area (Å²) in [4.78, 5) is 12.3. The van der Waals surface area contributed by atoms with Gasteiger partial charge in [-0.05, 0) is 73.4 Å². The first-order valence-corrected chi connectivity index (χ1v) is 10.8. The van der Waals surface area contributed by atoms with Crippen LogP contribution in [0.25, 0.3) is 21.9 Å². The fourth-order valence-corrected chi connectivity index (χ4v) is 5.05. The Hall–Kier alpha value is -2.53. The number of aromatic nitrogens is 3. The third-order valence-electron chi connectivity index (χ3n) is 6.63. The van der Waals surface area contributed by atoms with E-state index in [0.29, 0.717) is 22.9 Å². The molecule has 1 N–H and O–H groups in total. The van der Waals surface area contributed by atoms with Gasteiger partial charge in [0.2, 0.25) is 0 Å². The quantitative estimate of drug-likeness (QED) is 0.379. The fraction of sp³-hybridized carbons (Fsp3) is 0.333. The van der Waals surface area contributed by atoms with Gasteiger partial charge in [-0.2, -0.15) is 0 Å². The van der Waals surface area contributed by atoms with Crippen LogP contribution < -0.4 is 0 Å². The fourth-order valence-electron chi connectivity index (χ4n) is 4.89. The van der Waals surface area contributed by atoms with E-state index < -0.39 is 5.82 Å². The van der Waals surface area contributed by atoms with Crippen LogP contribution in [-0.2, 0) is 0 Å². The Morgan fingerprint density at radius 1 is 1.03 bits per heavy atom. The molecule has 3 nitrogen and oxygen atoms in total. The second-order valence-corrected chi connectivity index (χ2v) is 8.77. The number of fused-ring (bicyclic) bond motifs is 2. The zero-order valence-electron chi connectivity index (χ0n) is 16.6. The average molecular weight is 426 g/mol. The van der Waals surface area contributed by atoms with Crippen molar-refractivity contribution in [2.45, 2.75) is 44.4 Å². The van der Waals surface area contributed by atoms with Gasteiger partial charge in [-0.15, -0.1) is 0 Å². The van der Waals surface area contributed by atoms with Gasteiger partial charge < -0.3 is 4.98 Å². The van der Waals surface area contributed by atoms with E-state index in [0.717, 1.165) is 42.4 Å². The first kappa shape index (κ1) is 19.4. The first-order chi connectivity index (χ1) is 14.5. The summed E-state index contributed by atoms with van der Waals surface area (Å²) in [6.07, 6.45) is 6.05. The molecule has 0 saturated heterocycles. The molecule has 2 aromatic carbocycles. The second-order valence-electron chi connectivity index (χ2n) is 8.37. The molecule has 0 bridgehead atoms. The molecule has 5 rings (SSSR count). The van der Waals surface area contributed by atoms with Crippen molar-refractivity contribution in [3.8, 4) is 0 Å². The molecule has 0 radical (unpaired) electrons. The zero-order chi connectivity index (χ0) is 20.8. The lowest BCUT2D eigenvalue weighted by atomic mass is 9.73. The van der Waals surface area contributed by atoms with E-state index in [4.69, 9.17) is 11.6 Å². The maximum absolute atomic E-state index is 13.8. The molecule has 0 amide bonds. The second kappa shape index (κ2) is 7.62. The van der Waals surface area contributed by atoms with E-state index in [-0.39, 0.29) is 16.8 Å². The Balaban J connectivity index is 1.34. The van der Waals surface area contributed by atoms with Crippen molar-refractivity contribution in [3.05, 3.63) is 70.6 Å². The maximum Gasteiger partial charge on any atom is 0.144 e. The third-order valence-corrected chi connectivity index (χ3v) is 6.92. The van der Waals surface area contributed by atoms with Crippen LogP contribution in [-0.4, -0.2) is 15.0 Å². The van der Waals surface area contributed by atoms with Crippen molar-refractivity contribution in [1.29, 1.82) is 0 Å². The molecule has 6 heteroatoms. The van der Waals surface area contributed by atoms with E-state index in [1.807, 2.05) is 12.3 Å². The van der Waals surface area contributed by atoms with E-state index in [2.05, 4.69) is 21.9 Å². The Kier molecular flexibility index (Phi) is 4.94. The van der Waals surface area contributed by atoms with Gasteiger partial charge in [0, 0.05) is 23.6 Å². The summed E-state index contributed by atoms with van der Waals surface area (Å²) in [6, 6.07) is 9.83. The summed E-state index contributed by atoms with van der Waals surface area (Å²) in [7, 11) is 0. The summed E-state index contributed by atoms with van der Waals surface area (Å²) in [5.41, 5.74) is 3.41. The molecule has 1 aliphatic carbocycles. The molecule has 4 aromatic rings. The number of H-pyrrole nitrogens is 1. The van der Waals surface area contributed by atoms with E-state index in [9.17, 15) is 8.78 Å². The molecule has 2 heterocycles. The van der Waals surface area contributed by atoms with Crippen molar-refractivity contribution in [1.82, 2.24) is 15.0 Å². The molecule has 1 fully saturated rings. The number of nitrogens with zero attached hydrogens (tertiary/aromatic N) is 2. The predicted octanol–water partition coefficient (Wildman–Crippen LogP) is 7.12. The highest BCUT2D eigenvalue weighted by Gasteiger charge is 2.29. The van der Waals surface area contributed by atoms with Gasteiger partial charge in [-0.25, -0.2) is 13.8 Å². The number of nitrogens with one attached hydrogen (secondary N) is 1. The van der Waals surface area contributed by atoms with Crippen LogP contribution in [0.2, 0.25) is 5.02 Å². The van der Waals surface area contributed by atoms with Crippen molar-refractivity contribution >= 4 is 33.5 Å². The predicted molar refractivity (Wildman–Crippen MR) is 116 cm³/mol. The molecule has 30 heavy (non-hydrogen) atoms. The summed E-state index contributed by atoms with van der Waals surface area (Å²) >= 11 is 5.89. The zero-order valence-corrected chi connectivity index (χ0v) is 17.4. The monoisotopic (exact) mass is 425 g/mol. The summed E-state index contributed by atoms with van der Waals surface area (Å²) in [5.74, 6) is 1.36. The molecule has 1 aliphatic rings. The minimum atomic E-state index is -0.437. The Morgan fingerprint density at radius 2 is 1.83 bits per heavy atom. The Morgan fingerprint density at radius 3 is 2.63 bits per heavy atom. The van der Waals surface area contributed by atoms with E-state index >= 15 is 0 Å². The smallest absolute Gasteiger partial charge is 0.144 e. The van der Waals surface area contributed by atoms with E-state index in [1.54, 1.807) is 18.2 Å². The maximum atomic E-state index is 13.8. The molecular weight excluding hydrogens is 404 g/mol. The number of benzene rings is 2. The normalized spacial score (nSPS) is 20.7. The highest BCUT2D eigenvalue weighted by molar-refractivity contribution is 6.31. The number of imidazole rings is 1. The highest BCUT2D eigenvalue weighted by atomic mass is 35.5. The minimum absolute atomic E-state index is 0.0923. The minimum Gasteiger partial charge on any atom is -0.342 e. The van der Waals surface area contributed by atoms with Crippen LogP contribution in [0.15, 0.2) is 42.6 Å². The van der Waals surface area contributed by atoms with Crippen LogP contribution in [0.3, 0.4) is 0 Å². The summed E-state index contributed by atoms with van der Waals surface area (Å²) in [6.45, 7) is 2.18. The van der Waals surface area contributed by atoms with Gasteiger partial charge >= 0.3 is 0 Å². The summed E-state index contributed by atoms with van der Waals surface area (Å²) < 4.78 is 27.6. The third kappa shape index (κ3) is 3.45. The van der Waals surface area contributed by atoms with E-state index in [1.165, 1.54) is 17.7 Å². The molecule has 1 atom stereocenters. The van der Waals surface area contributed by atoms with Crippen molar-refractivity contribution < 1.29 is 8.78 Å². The molecule has 0 aliphatic heterocycles. The number of halogens is 3. The topological polar surface area (TPSA) is 41.6 Å². The molecule has 0 unspecified atom stereocenters. The van der Waals surface area contributed by atoms with Gasteiger partial charge in [0.15, 0.2) is 0 Å². The van der Waals surface area contributed by atoms with Crippen LogP contribution >= 0.6 is 11.6 Å². The first-order valence-electron chi connectivity index (χ1n) is 10.4. The molecule has 2 aromatic heterocycles. The van der Waals surface area contributed by atoms with Crippen LogP contribution in [0.4, 0.5) is 8.78 Å². The van der Waals surface area contributed by atoms with Gasteiger partial charge in [-0.3, -0.25) is 4.98 Å². The average Bonchev–Trinajstić information content (AvgIpc) is 3.16. The number of aromatic amines is 1. The van der Waals surface area contributed by atoms with Gasteiger partial charge in [0.25, 0.3) is 0 Å². The Bertz CT molecular complexity index is 1190. The van der Waals surface area contributed by atoms with Crippen LogP contribution in [0, 0.1) is 17.6 Å². The van der Waals surface area contributed by atoms with Gasteiger partial charge in [-0.1, -0.05) is 18.5 Å². The largest absolute Gasteiger partial charge is 0.342 e. The highest BCUT2D eigenvalue weighted by Crippen LogP contribution is 2.43. The molecular formula is C24H22ClF2N3. The molecule has 154 valence electrons. The number of hydrogen-bond acceptors (Lipinski definition) is 2. The molecule has 1 saturated carbocycles. The van der Waals surface area contributed by atoms with Gasteiger partial charge in [0.05, 0.1) is 21.6 Å². The lowest BCUT2D eigenvalue weighted by Crippen LogP contribution is -2.19. The molecule has 0 spiro atoms. The van der Waals surface area contributed by atoms with Crippen molar-refractivity contribution in [2.24, 2.45) is 5.92 Å². The van der Waals surface area contributed by atoms with Crippen LogP contribution in [0.5, 0.6) is 0 Å². The number of hydrogen-bond donors (Lipinski definition) is 1. The van der Waals surface area contributed by atoms with Crippen molar-refractivity contribution in [2.75, 3.05) is 0 Å². The number of rotatable bonds is 3. The van der Waals surface area contributed by atoms with Crippen LogP contribution in [0.1, 0.15) is 55.8 Å². The Labute approximate surface area is 178 Å². The number of pyridine rings is 1. The SMILES string of the molecule is C[C@H](c1nc2cc(Cl)c(F)cc2[nH]1)C1CCC(c2ccnc3ccc(F)cc23)CC1. The lowest BCUT2D eigenvalue weighted by molar-refractivity contribution is 0.286. The lowest BCUT2D eigenvalue weighted by Gasteiger charge is -2.32. The van der Waals surface area contributed by atoms with Crippen molar-refractivity contribution in [3.63, 3.8) is 0 Å². The standard InChI is InChI=1S/C24H22ClF2N3/c1-13(24-29-22-11-19(25)20(27)12-23(22)30-24)14-2-4-15(5-3-14)17-8-9-28-21-7-6-16(26)10-18(17)21/h6-15H,2-5H2,1H3,(H,29,30)/t13-,14?,15?/m0/s1. The summed E-state index contributed by atoms with van der Waals surface area (Å²) in [5, 5.41) is 1.01. The van der Waals surface area contributed by atoms with Gasteiger partial charge in [0.1, 0.15) is 17.5 Å².